The van der Waals surface area contributed by atoms with Gasteiger partial charge in [-0.3, -0.25) is 4.79 Å². The number of amides is 1. The van der Waals surface area contributed by atoms with Crippen molar-refractivity contribution in [2.45, 2.75) is 9.79 Å². The summed E-state index contributed by atoms with van der Waals surface area (Å²) in [5, 5.41) is 14.0. The molecule has 0 saturated carbocycles. The zero-order valence-corrected chi connectivity index (χ0v) is 13.5. The fraction of sp³-hybridized carbons (Fsp3) is 0.300. The summed E-state index contributed by atoms with van der Waals surface area (Å²) in [6.07, 6.45) is 1.76. The van der Waals surface area contributed by atoms with E-state index in [-0.39, 0.29) is 10.5 Å². The number of primary sulfonamides is 1. The van der Waals surface area contributed by atoms with Crippen molar-refractivity contribution in [1.82, 2.24) is 4.90 Å². The van der Waals surface area contributed by atoms with Crippen LogP contribution in [0.4, 0.5) is 0 Å². The first-order valence-corrected chi connectivity index (χ1v) is 8.55. The Hall–Kier alpha value is -0.610. The van der Waals surface area contributed by atoms with Gasteiger partial charge in [0.1, 0.15) is 6.73 Å². The summed E-state index contributed by atoms with van der Waals surface area (Å²) < 4.78 is 23.2. The standard InChI is InChI=1S/C10H13BrN2O4S2/c1-13(5-14)10(15)6-3-9(19(12,16)17)7(11)4-8(6)18-2/h3-4,14H,5H2,1-2H3,(H2,12,16,17). The van der Waals surface area contributed by atoms with Crippen molar-refractivity contribution < 1.29 is 18.3 Å². The third kappa shape index (κ3) is 3.69. The van der Waals surface area contributed by atoms with Gasteiger partial charge in [0.05, 0.1) is 10.5 Å². The summed E-state index contributed by atoms with van der Waals surface area (Å²) in [5.74, 6) is -0.482. The summed E-state index contributed by atoms with van der Waals surface area (Å²) in [4.78, 5) is 13.5. The second kappa shape index (κ2) is 6.23. The number of nitrogens with two attached hydrogens (primary N) is 1. The zero-order chi connectivity index (χ0) is 14.8. The van der Waals surface area contributed by atoms with Gasteiger partial charge in [0.2, 0.25) is 10.0 Å². The van der Waals surface area contributed by atoms with E-state index >= 15 is 0 Å². The van der Waals surface area contributed by atoms with Crippen molar-refractivity contribution in [3.63, 3.8) is 0 Å². The number of sulfonamides is 1. The van der Waals surface area contributed by atoms with Crippen molar-refractivity contribution in [3.05, 3.63) is 22.2 Å². The lowest BCUT2D eigenvalue weighted by Crippen LogP contribution is -2.28. The predicted molar refractivity (Wildman–Crippen MR) is 76.5 cm³/mol. The van der Waals surface area contributed by atoms with Crippen LogP contribution in [0.25, 0.3) is 0 Å². The molecular formula is C10H13BrN2O4S2. The minimum Gasteiger partial charge on any atom is -0.376 e. The van der Waals surface area contributed by atoms with Crippen LogP contribution in [-0.4, -0.2) is 44.4 Å². The number of halogens is 1. The number of thioether (sulfide) groups is 1. The molecule has 9 heteroatoms. The largest absolute Gasteiger partial charge is 0.376 e. The summed E-state index contributed by atoms with van der Waals surface area (Å²) >= 11 is 4.40. The van der Waals surface area contributed by atoms with Crippen molar-refractivity contribution in [1.29, 1.82) is 0 Å². The van der Waals surface area contributed by atoms with Crippen LogP contribution in [0, 0.1) is 0 Å². The highest BCUT2D eigenvalue weighted by Gasteiger charge is 2.21. The van der Waals surface area contributed by atoms with Crippen molar-refractivity contribution in [2.24, 2.45) is 5.14 Å². The second-order valence-electron chi connectivity index (χ2n) is 3.67. The third-order valence-electron chi connectivity index (χ3n) is 2.35. The Bertz CT molecular complexity index is 604. The van der Waals surface area contributed by atoms with Gasteiger partial charge in [-0.2, -0.15) is 0 Å². The first-order chi connectivity index (χ1) is 8.72. The summed E-state index contributed by atoms with van der Waals surface area (Å²) in [6.45, 7) is -0.465. The number of hydrogen-bond donors (Lipinski definition) is 2. The lowest BCUT2D eigenvalue weighted by Gasteiger charge is -2.17. The quantitative estimate of drug-likeness (QED) is 0.605. The molecule has 1 rings (SSSR count). The van der Waals surface area contributed by atoms with Crippen LogP contribution in [-0.2, 0) is 10.0 Å². The fourth-order valence-corrected chi connectivity index (χ4v) is 3.75. The average Bonchev–Trinajstić information content (AvgIpc) is 2.34. The molecule has 0 unspecified atom stereocenters. The van der Waals surface area contributed by atoms with Gasteiger partial charge in [0.25, 0.3) is 5.91 Å². The monoisotopic (exact) mass is 368 g/mol. The van der Waals surface area contributed by atoms with E-state index in [1.165, 1.54) is 30.9 Å². The van der Waals surface area contributed by atoms with Gasteiger partial charge in [-0.25, -0.2) is 13.6 Å². The topological polar surface area (TPSA) is 101 Å². The normalized spacial score (nSPS) is 11.4. The molecule has 0 aliphatic heterocycles. The molecule has 0 aliphatic rings. The SMILES string of the molecule is CSc1cc(Br)c(S(N)(=O)=O)cc1C(=O)N(C)CO. The maximum Gasteiger partial charge on any atom is 0.256 e. The average molecular weight is 369 g/mol. The fourth-order valence-electron chi connectivity index (χ4n) is 1.36. The molecule has 1 aromatic rings. The Labute approximate surface area is 124 Å². The summed E-state index contributed by atoms with van der Waals surface area (Å²) in [7, 11) is -2.53. The van der Waals surface area contributed by atoms with Crippen molar-refractivity contribution in [2.75, 3.05) is 20.0 Å². The van der Waals surface area contributed by atoms with Crippen LogP contribution >= 0.6 is 27.7 Å². The van der Waals surface area contributed by atoms with Crippen LogP contribution in [0.15, 0.2) is 26.4 Å². The maximum atomic E-state index is 12.0. The van der Waals surface area contributed by atoms with E-state index in [9.17, 15) is 13.2 Å². The summed E-state index contributed by atoms with van der Waals surface area (Å²) in [5.41, 5.74) is 0.177. The number of nitrogens with zero attached hydrogens (tertiary/aromatic N) is 1. The van der Waals surface area contributed by atoms with Gasteiger partial charge in [0, 0.05) is 16.4 Å². The Morgan fingerprint density at radius 2 is 2.11 bits per heavy atom. The minimum atomic E-state index is -3.94. The van der Waals surface area contributed by atoms with Gasteiger partial charge in [-0.05, 0) is 34.3 Å². The number of carbonyl (C=O) groups excluding carboxylic acids is 1. The first kappa shape index (κ1) is 16.4. The van der Waals surface area contributed by atoms with E-state index in [0.29, 0.717) is 9.37 Å². The van der Waals surface area contributed by atoms with E-state index in [4.69, 9.17) is 10.2 Å². The van der Waals surface area contributed by atoms with E-state index < -0.39 is 22.7 Å². The molecule has 0 bridgehead atoms. The van der Waals surface area contributed by atoms with Crippen LogP contribution < -0.4 is 5.14 Å². The van der Waals surface area contributed by atoms with Gasteiger partial charge in [-0.1, -0.05) is 0 Å². The molecule has 6 nitrogen and oxygen atoms in total. The number of rotatable bonds is 4. The van der Waals surface area contributed by atoms with Gasteiger partial charge >= 0.3 is 0 Å². The molecule has 0 saturated heterocycles. The van der Waals surface area contributed by atoms with Crippen molar-refractivity contribution in [3.8, 4) is 0 Å². The number of hydrogen-bond acceptors (Lipinski definition) is 5. The molecular weight excluding hydrogens is 356 g/mol. The molecule has 19 heavy (non-hydrogen) atoms. The molecule has 0 spiro atoms. The lowest BCUT2D eigenvalue weighted by molar-refractivity contribution is 0.0626. The highest BCUT2D eigenvalue weighted by molar-refractivity contribution is 9.10. The highest BCUT2D eigenvalue weighted by atomic mass is 79.9. The maximum absolute atomic E-state index is 12.0. The molecule has 0 atom stereocenters. The molecule has 1 aromatic carbocycles. The highest BCUT2D eigenvalue weighted by Crippen LogP contribution is 2.30. The van der Waals surface area contributed by atoms with Crippen molar-refractivity contribution >= 4 is 43.6 Å². The Balaban J connectivity index is 3.50. The lowest BCUT2D eigenvalue weighted by atomic mass is 10.2. The van der Waals surface area contributed by atoms with E-state index in [1.54, 1.807) is 6.26 Å². The van der Waals surface area contributed by atoms with E-state index in [0.717, 1.165) is 4.90 Å². The molecule has 0 heterocycles. The van der Waals surface area contributed by atoms with Gasteiger partial charge in [-0.15, -0.1) is 11.8 Å². The molecule has 0 radical (unpaired) electrons. The van der Waals surface area contributed by atoms with E-state index in [1.807, 2.05) is 0 Å². The van der Waals surface area contributed by atoms with Crippen LogP contribution in [0.1, 0.15) is 10.4 Å². The van der Waals surface area contributed by atoms with Crippen LogP contribution in [0.2, 0.25) is 0 Å². The second-order valence-corrected chi connectivity index (χ2v) is 6.90. The minimum absolute atomic E-state index is 0.167. The molecule has 106 valence electrons. The third-order valence-corrected chi connectivity index (χ3v) is 5.00. The number of benzene rings is 1. The molecule has 0 aromatic heterocycles. The van der Waals surface area contributed by atoms with Crippen LogP contribution in [0.5, 0.6) is 0 Å². The summed E-state index contributed by atoms with van der Waals surface area (Å²) in [6, 6.07) is 2.72. The Kier molecular flexibility index (Phi) is 5.39. The number of carbonyl (C=O) groups is 1. The number of aliphatic hydroxyl groups is 1. The first-order valence-electron chi connectivity index (χ1n) is 4.99. The van der Waals surface area contributed by atoms with Crippen LogP contribution in [0.3, 0.4) is 0 Å². The zero-order valence-electron chi connectivity index (χ0n) is 10.3. The predicted octanol–water partition coefficient (Wildman–Crippen LogP) is 0.840. The Morgan fingerprint density at radius 1 is 1.53 bits per heavy atom. The Morgan fingerprint density at radius 3 is 2.53 bits per heavy atom. The number of aliphatic hydroxyl groups excluding tert-OH is 1. The molecule has 0 aliphatic carbocycles. The molecule has 0 fully saturated rings. The molecule has 3 N–H and O–H groups in total. The molecule has 1 amide bonds. The smallest absolute Gasteiger partial charge is 0.256 e. The van der Waals surface area contributed by atoms with E-state index in [2.05, 4.69) is 15.9 Å². The van der Waals surface area contributed by atoms with Gasteiger partial charge in [0.15, 0.2) is 0 Å². The van der Waals surface area contributed by atoms with Gasteiger partial charge < -0.3 is 10.0 Å².